The van der Waals surface area contributed by atoms with Gasteiger partial charge in [0.15, 0.2) is 4.87 Å². The van der Waals surface area contributed by atoms with E-state index < -0.39 is 16.6 Å². The summed E-state index contributed by atoms with van der Waals surface area (Å²) in [4.78, 5) is 27.9. The van der Waals surface area contributed by atoms with Gasteiger partial charge in [0.1, 0.15) is 5.75 Å². The van der Waals surface area contributed by atoms with E-state index in [1.54, 1.807) is 23.1 Å². The number of hydrogen-bond acceptors (Lipinski definition) is 4. The molecule has 1 fully saturated rings. The second kappa shape index (κ2) is 7.23. The topological polar surface area (TPSA) is 49.9 Å². The number of amides is 2. The Kier molecular flexibility index (Phi) is 4.96. The Labute approximate surface area is 175 Å². The van der Waals surface area contributed by atoms with Crippen molar-refractivity contribution >= 4 is 29.3 Å². The highest BCUT2D eigenvalue weighted by Crippen LogP contribution is 2.55. The molecule has 9 heteroatoms. The molecule has 2 aliphatic heterocycles. The lowest BCUT2D eigenvalue weighted by Crippen LogP contribution is -2.49. The van der Waals surface area contributed by atoms with Gasteiger partial charge in [0.25, 0.3) is 5.91 Å². The third-order valence-corrected chi connectivity index (χ3v) is 6.82. The van der Waals surface area contributed by atoms with Gasteiger partial charge in [-0.05, 0) is 35.9 Å². The Balaban J connectivity index is 1.75. The highest BCUT2D eigenvalue weighted by Gasteiger charge is 2.59. The van der Waals surface area contributed by atoms with Gasteiger partial charge < -0.3 is 14.5 Å². The molecule has 4 rings (SSSR count). The second-order valence-corrected chi connectivity index (χ2v) is 8.42. The molecule has 2 aromatic rings. The van der Waals surface area contributed by atoms with Crippen LogP contribution in [0.4, 0.5) is 18.9 Å². The van der Waals surface area contributed by atoms with Crippen molar-refractivity contribution in [2.45, 2.75) is 24.5 Å². The van der Waals surface area contributed by atoms with Gasteiger partial charge in [0.2, 0.25) is 5.91 Å². The highest BCUT2D eigenvalue weighted by atomic mass is 32.2. The molecule has 0 saturated carbocycles. The third-order valence-electron chi connectivity index (χ3n) is 5.40. The van der Waals surface area contributed by atoms with Crippen molar-refractivity contribution in [2.75, 3.05) is 24.3 Å². The minimum absolute atomic E-state index is 0.102. The number of halogens is 3. The molecular formula is C21H19F3N2O3S. The minimum Gasteiger partial charge on any atom is -0.497 e. The molecule has 2 amide bonds. The van der Waals surface area contributed by atoms with Crippen LogP contribution in [0, 0.1) is 0 Å². The number of rotatable bonds is 3. The van der Waals surface area contributed by atoms with Crippen molar-refractivity contribution < 1.29 is 27.5 Å². The van der Waals surface area contributed by atoms with Gasteiger partial charge in [0, 0.05) is 24.8 Å². The number of nitrogens with zero attached hydrogens (tertiary/aromatic N) is 2. The van der Waals surface area contributed by atoms with Crippen molar-refractivity contribution in [2.24, 2.45) is 0 Å². The van der Waals surface area contributed by atoms with Crippen LogP contribution in [0.1, 0.15) is 23.6 Å². The van der Waals surface area contributed by atoms with Crippen LogP contribution in [0.15, 0.2) is 42.5 Å². The summed E-state index contributed by atoms with van der Waals surface area (Å²) in [5.41, 5.74) is 1.11. The van der Waals surface area contributed by atoms with Crippen LogP contribution >= 0.6 is 11.8 Å². The van der Waals surface area contributed by atoms with Crippen molar-refractivity contribution in [3.8, 4) is 5.75 Å². The molecule has 0 bridgehead atoms. The number of methoxy groups -OCH3 is 1. The first-order valence-electron chi connectivity index (χ1n) is 9.27. The van der Waals surface area contributed by atoms with Crippen molar-refractivity contribution in [3.05, 3.63) is 59.2 Å². The number of carbonyl (C=O) groups is 2. The first-order valence-corrected chi connectivity index (χ1v) is 10.3. The van der Waals surface area contributed by atoms with Crippen LogP contribution in [0.25, 0.3) is 0 Å². The summed E-state index contributed by atoms with van der Waals surface area (Å²) >= 11 is 1.39. The fraction of sp³-hybridized carbons (Fsp3) is 0.333. The average molecular weight is 436 g/mol. The zero-order valence-corrected chi connectivity index (χ0v) is 17.1. The van der Waals surface area contributed by atoms with Crippen molar-refractivity contribution in [1.29, 1.82) is 0 Å². The predicted molar refractivity (Wildman–Crippen MR) is 107 cm³/mol. The summed E-state index contributed by atoms with van der Waals surface area (Å²) < 4.78 is 43.9. The van der Waals surface area contributed by atoms with E-state index in [9.17, 15) is 22.8 Å². The lowest BCUT2D eigenvalue weighted by Gasteiger charge is -2.32. The van der Waals surface area contributed by atoms with Crippen LogP contribution in [0.3, 0.4) is 0 Å². The van der Waals surface area contributed by atoms with Gasteiger partial charge in [-0.3, -0.25) is 9.59 Å². The second-order valence-electron chi connectivity index (χ2n) is 7.13. The number of ether oxygens (including phenoxy) is 1. The smallest absolute Gasteiger partial charge is 0.416 e. The van der Waals surface area contributed by atoms with Crippen molar-refractivity contribution in [1.82, 2.24) is 4.90 Å². The molecule has 2 heterocycles. The van der Waals surface area contributed by atoms with Crippen molar-refractivity contribution in [3.63, 3.8) is 0 Å². The Morgan fingerprint density at radius 2 is 1.90 bits per heavy atom. The number of carbonyl (C=O) groups excluding carboxylic acids is 2. The molecule has 1 atom stereocenters. The molecule has 0 aliphatic carbocycles. The first kappa shape index (κ1) is 20.6. The van der Waals surface area contributed by atoms with E-state index in [1.807, 2.05) is 0 Å². The average Bonchev–Trinajstić information content (AvgIpc) is 3.25. The van der Waals surface area contributed by atoms with E-state index in [2.05, 4.69) is 0 Å². The summed E-state index contributed by atoms with van der Waals surface area (Å²) in [6, 6.07) is 9.99. The van der Waals surface area contributed by atoms with Crippen LogP contribution in [-0.4, -0.2) is 36.1 Å². The standard InChI is InChI=1S/C21H19F3N2O3S/c1-13(27)26-9-10-30-20(26)17-11-16(29-2)7-8-18(17)25(19(20)28)12-14-3-5-15(6-4-14)21(22,23)24/h3-8,11H,9-10,12H2,1-2H3. The van der Waals surface area contributed by atoms with E-state index in [0.717, 1.165) is 12.1 Å². The third kappa shape index (κ3) is 3.12. The van der Waals surface area contributed by atoms with Crippen LogP contribution in [0.2, 0.25) is 0 Å². The first-order chi connectivity index (χ1) is 14.2. The fourth-order valence-corrected chi connectivity index (χ4v) is 5.49. The molecule has 0 radical (unpaired) electrons. The summed E-state index contributed by atoms with van der Waals surface area (Å²) in [6.45, 7) is 1.97. The van der Waals surface area contributed by atoms with Gasteiger partial charge in [-0.15, -0.1) is 11.8 Å². The Bertz CT molecular complexity index is 1010. The molecule has 2 aromatic carbocycles. The normalized spacial score (nSPS) is 20.8. The maximum atomic E-state index is 13.6. The van der Waals surface area contributed by atoms with Gasteiger partial charge in [-0.2, -0.15) is 13.2 Å². The maximum Gasteiger partial charge on any atom is 0.416 e. The van der Waals surface area contributed by atoms with Gasteiger partial charge in [-0.25, -0.2) is 0 Å². The summed E-state index contributed by atoms with van der Waals surface area (Å²) in [5.74, 6) is 0.686. The summed E-state index contributed by atoms with van der Waals surface area (Å²) in [6.07, 6.45) is -4.42. The molecule has 1 spiro atoms. The Morgan fingerprint density at radius 1 is 1.20 bits per heavy atom. The zero-order valence-electron chi connectivity index (χ0n) is 16.3. The van der Waals surface area contributed by atoms with Gasteiger partial charge >= 0.3 is 6.18 Å². The molecular weight excluding hydrogens is 417 g/mol. The predicted octanol–water partition coefficient (Wildman–Crippen LogP) is 4.01. The molecule has 0 N–H and O–H groups in total. The van der Waals surface area contributed by atoms with Gasteiger partial charge in [0.05, 0.1) is 24.9 Å². The summed E-state index contributed by atoms with van der Waals surface area (Å²) in [7, 11) is 1.52. The van der Waals surface area contributed by atoms with E-state index in [1.165, 1.54) is 42.8 Å². The molecule has 158 valence electrons. The molecule has 0 aromatic heterocycles. The lowest BCUT2D eigenvalue weighted by molar-refractivity contribution is -0.138. The number of benzene rings is 2. The molecule has 2 aliphatic rings. The molecule has 1 saturated heterocycles. The number of fused-ring (bicyclic) bond motifs is 2. The van der Waals surface area contributed by atoms with E-state index in [0.29, 0.717) is 34.9 Å². The number of hydrogen-bond donors (Lipinski definition) is 0. The zero-order chi connectivity index (χ0) is 21.7. The molecule has 5 nitrogen and oxygen atoms in total. The number of thioether (sulfide) groups is 1. The van der Waals surface area contributed by atoms with E-state index in [-0.39, 0.29) is 18.4 Å². The SMILES string of the molecule is COc1ccc2c(c1)C1(SCCN1C(C)=O)C(=O)N2Cc1ccc(C(F)(F)F)cc1. The quantitative estimate of drug-likeness (QED) is 0.730. The lowest BCUT2D eigenvalue weighted by atomic mass is 10.1. The Hall–Kier alpha value is -2.68. The molecule has 1 unspecified atom stereocenters. The highest BCUT2D eigenvalue weighted by molar-refractivity contribution is 8.01. The minimum atomic E-state index is -4.42. The van der Waals surface area contributed by atoms with Gasteiger partial charge in [-0.1, -0.05) is 12.1 Å². The van der Waals surface area contributed by atoms with Crippen LogP contribution in [-0.2, 0) is 27.2 Å². The van der Waals surface area contributed by atoms with E-state index >= 15 is 0 Å². The number of alkyl halides is 3. The monoisotopic (exact) mass is 436 g/mol. The largest absolute Gasteiger partial charge is 0.497 e. The maximum absolute atomic E-state index is 13.6. The van der Waals surface area contributed by atoms with Crippen LogP contribution in [0.5, 0.6) is 5.75 Å². The summed E-state index contributed by atoms with van der Waals surface area (Å²) in [5, 5.41) is 0. The number of anilines is 1. The molecule has 30 heavy (non-hydrogen) atoms. The van der Waals surface area contributed by atoms with E-state index in [4.69, 9.17) is 4.74 Å². The van der Waals surface area contributed by atoms with Crippen LogP contribution < -0.4 is 9.64 Å². The Morgan fingerprint density at radius 3 is 2.50 bits per heavy atom. The fourth-order valence-electron chi connectivity index (χ4n) is 3.99.